The Hall–Kier alpha value is -1.69. The summed E-state index contributed by atoms with van der Waals surface area (Å²) in [5.74, 6) is 0. The van der Waals surface area contributed by atoms with Gasteiger partial charge in [-0.25, -0.2) is 4.98 Å². The van der Waals surface area contributed by atoms with Gasteiger partial charge in [-0.2, -0.15) is 0 Å². The van der Waals surface area contributed by atoms with E-state index in [0.717, 1.165) is 10.0 Å². The minimum atomic E-state index is -0.0940. The molecule has 2 heterocycles. The quantitative estimate of drug-likeness (QED) is 0.731. The molecule has 118 valence electrons. The van der Waals surface area contributed by atoms with Crippen molar-refractivity contribution in [3.63, 3.8) is 0 Å². The summed E-state index contributed by atoms with van der Waals surface area (Å²) in [7, 11) is 0. The lowest BCUT2D eigenvalue weighted by atomic mass is 10.1. The third-order valence-corrected chi connectivity index (χ3v) is 4.32. The van der Waals surface area contributed by atoms with Crippen LogP contribution in [0.15, 0.2) is 57.9 Å². The molecule has 0 fully saturated rings. The van der Waals surface area contributed by atoms with E-state index in [-0.39, 0.29) is 11.6 Å². The minimum absolute atomic E-state index is 0.0940. The molecule has 2 aromatic heterocycles. The normalized spacial score (nSPS) is 12.5. The first-order valence-corrected chi connectivity index (χ1v) is 8.37. The fourth-order valence-electron chi connectivity index (χ4n) is 2.37. The highest BCUT2D eigenvalue weighted by molar-refractivity contribution is 9.10. The van der Waals surface area contributed by atoms with Crippen LogP contribution in [-0.2, 0) is 6.54 Å². The lowest BCUT2D eigenvalue weighted by molar-refractivity contribution is 0.567. The summed E-state index contributed by atoms with van der Waals surface area (Å²) in [6, 6.07) is 13.1. The van der Waals surface area contributed by atoms with Crippen LogP contribution in [0.4, 0.5) is 0 Å². The van der Waals surface area contributed by atoms with Gasteiger partial charge in [-0.15, -0.1) is 0 Å². The van der Waals surface area contributed by atoms with Gasteiger partial charge in [0.05, 0.1) is 5.69 Å². The van der Waals surface area contributed by atoms with Crippen molar-refractivity contribution in [2.45, 2.75) is 19.5 Å². The molecule has 0 saturated heterocycles. The maximum atomic E-state index is 12.2. The number of nitrogens with one attached hydrogen (secondary N) is 1. The summed E-state index contributed by atoms with van der Waals surface area (Å²) < 4.78 is 2.36. The minimum Gasteiger partial charge on any atom is -0.305 e. The Morgan fingerprint density at radius 3 is 2.91 bits per heavy atom. The Balaban J connectivity index is 1.79. The molecule has 1 N–H and O–H groups in total. The van der Waals surface area contributed by atoms with Gasteiger partial charge < -0.3 is 5.32 Å². The maximum Gasteiger partial charge on any atom is 0.258 e. The number of hydrogen-bond donors (Lipinski definition) is 1. The molecular weight excluding hydrogens is 378 g/mol. The van der Waals surface area contributed by atoms with Gasteiger partial charge in [-0.3, -0.25) is 9.20 Å². The lowest BCUT2D eigenvalue weighted by Gasteiger charge is -2.14. The summed E-state index contributed by atoms with van der Waals surface area (Å²) >= 11 is 9.37. The number of rotatable bonds is 4. The molecule has 3 rings (SSSR count). The van der Waals surface area contributed by atoms with Gasteiger partial charge >= 0.3 is 0 Å². The van der Waals surface area contributed by atoms with Crippen LogP contribution in [0.3, 0.4) is 0 Å². The van der Waals surface area contributed by atoms with Crippen LogP contribution in [0.5, 0.6) is 0 Å². The molecule has 0 aliphatic rings. The van der Waals surface area contributed by atoms with E-state index < -0.39 is 0 Å². The number of aromatic nitrogens is 2. The summed E-state index contributed by atoms with van der Waals surface area (Å²) in [4.78, 5) is 16.7. The van der Waals surface area contributed by atoms with E-state index in [4.69, 9.17) is 11.6 Å². The highest BCUT2D eigenvalue weighted by Crippen LogP contribution is 2.17. The van der Waals surface area contributed by atoms with Crippen LogP contribution in [0.25, 0.3) is 5.65 Å². The molecule has 1 aromatic carbocycles. The van der Waals surface area contributed by atoms with Gasteiger partial charge in [-0.05, 0) is 52.7 Å². The predicted molar refractivity (Wildman–Crippen MR) is 95.9 cm³/mol. The Labute approximate surface area is 147 Å². The van der Waals surface area contributed by atoms with Crippen molar-refractivity contribution in [1.82, 2.24) is 14.7 Å². The summed E-state index contributed by atoms with van der Waals surface area (Å²) in [5.41, 5.74) is 2.35. The molecule has 0 bridgehead atoms. The Kier molecular flexibility index (Phi) is 4.80. The van der Waals surface area contributed by atoms with Gasteiger partial charge in [0.15, 0.2) is 0 Å². The van der Waals surface area contributed by atoms with Gasteiger partial charge in [0.25, 0.3) is 5.56 Å². The molecule has 0 unspecified atom stereocenters. The zero-order chi connectivity index (χ0) is 16.4. The van der Waals surface area contributed by atoms with E-state index in [1.807, 2.05) is 36.4 Å². The molecule has 0 amide bonds. The molecule has 0 radical (unpaired) electrons. The van der Waals surface area contributed by atoms with Crippen molar-refractivity contribution in [2.24, 2.45) is 0 Å². The van der Waals surface area contributed by atoms with Gasteiger partial charge in [0.2, 0.25) is 0 Å². The number of halogens is 2. The largest absolute Gasteiger partial charge is 0.305 e. The number of hydrogen-bond acceptors (Lipinski definition) is 3. The Morgan fingerprint density at radius 2 is 2.13 bits per heavy atom. The van der Waals surface area contributed by atoms with Crippen LogP contribution in [0.2, 0.25) is 5.02 Å². The molecule has 0 saturated carbocycles. The maximum absolute atomic E-state index is 12.2. The molecule has 3 aromatic rings. The molecular formula is C17H15BrClN3O. The molecule has 0 aliphatic carbocycles. The fourth-order valence-corrected chi connectivity index (χ4v) is 2.90. The van der Waals surface area contributed by atoms with E-state index in [9.17, 15) is 4.79 Å². The second kappa shape index (κ2) is 6.83. The van der Waals surface area contributed by atoms with E-state index in [0.29, 0.717) is 22.9 Å². The van der Waals surface area contributed by atoms with Gasteiger partial charge in [0, 0.05) is 34.3 Å². The van der Waals surface area contributed by atoms with Crippen molar-refractivity contribution in [1.29, 1.82) is 0 Å². The highest BCUT2D eigenvalue weighted by atomic mass is 79.9. The molecule has 4 nitrogen and oxygen atoms in total. The zero-order valence-corrected chi connectivity index (χ0v) is 14.8. The van der Waals surface area contributed by atoms with Crippen LogP contribution >= 0.6 is 27.5 Å². The standard InChI is InChI=1S/C17H15BrClN3O/c1-11(12-3-2-4-14(19)7-12)20-9-15-8-17(23)22-10-13(18)5-6-16(22)21-15/h2-8,10-11,20H,9H2,1H3/t11-/m1/s1. The number of nitrogens with zero attached hydrogens (tertiary/aromatic N) is 2. The molecule has 6 heteroatoms. The number of fused-ring (bicyclic) bond motifs is 1. The average molecular weight is 393 g/mol. The van der Waals surface area contributed by atoms with Crippen molar-refractivity contribution in [3.8, 4) is 0 Å². The fraction of sp³-hybridized carbons (Fsp3) is 0.176. The van der Waals surface area contributed by atoms with Crippen LogP contribution < -0.4 is 10.9 Å². The van der Waals surface area contributed by atoms with Gasteiger partial charge in [0.1, 0.15) is 5.65 Å². The van der Waals surface area contributed by atoms with Gasteiger partial charge in [-0.1, -0.05) is 23.7 Å². The molecule has 1 atom stereocenters. The third-order valence-electron chi connectivity index (χ3n) is 3.61. The third kappa shape index (κ3) is 3.80. The second-order valence-electron chi connectivity index (χ2n) is 5.32. The molecule has 0 aliphatic heterocycles. The van der Waals surface area contributed by atoms with Crippen molar-refractivity contribution in [2.75, 3.05) is 0 Å². The van der Waals surface area contributed by atoms with Crippen LogP contribution in [0, 0.1) is 0 Å². The van der Waals surface area contributed by atoms with Crippen molar-refractivity contribution >= 4 is 33.2 Å². The van der Waals surface area contributed by atoms with Crippen LogP contribution in [0.1, 0.15) is 24.2 Å². The van der Waals surface area contributed by atoms with E-state index >= 15 is 0 Å². The Morgan fingerprint density at radius 1 is 1.30 bits per heavy atom. The lowest BCUT2D eigenvalue weighted by Crippen LogP contribution is -2.22. The summed E-state index contributed by atoms with van der Waals surface area (Å²) in [6.07, 6.45) is 1.72. The number of pyridine rings is 1. The van der Waals surface area contributed by atoms with Crippen molar-refractivity contribution < 1.29 is 0 Å². The first kappa shape index (κ1) is 16.2. The molecule has 0 spiro atoms. The summed E-state index contributed by atoms with van der Waals surface area (Å²) in [6.45, 7) is 2.56. The second-order valence-corrected chi connectivity index (χ2v) is 6.67. The summed E-state index contributed by atoms with van der Waals surface area (Å²) in [5, 5.41) is 4.08. The van der Waals surface area contributed by atoms with E-state index in [2.05, 4.69) is 33.2 Å². The average Bonchev–Trinajstić information content (AvgIpc) is 2.53. The SMILES string of the molecule is C[C@@H](NCc1cc(=O)n2cc(Br)ccc2n1)c1cccc(Cl)c1. The Bertz CT molecular complexity index is 910. The first-order valence-electron chi connectivity index (χ1n) is 7.19. The highest BCUT2D eigenvalue weighted by Gasteiger charge is 2.07. The molecule has 23 heavy (non-hydrogen) atoms. The predicted octanol–water partition coefficient (Wildman–Crippen LogP) is 3.96. The van der Waals surface area contributed by atoms with Crippen molar-refractivity contribution in [3.05, 3.63) is 79.8 Å². The topological polar surface area (TPSA) is 46.4 Å². The first-order chi connectivity index (χ1) is 11.0. The smallest absolute Gasteiger partial charge is 0.258 e. The number of benzene rings is 1. The van der Waals surface area contributed by atoms with Crippen LogP contribution in [-0.4, -0.2) is 9.38 Å². The zero-order valence-electron chi connectivity index (χ0n) is 12.5. The van der Waals surface area contributed by atoms with E-state index in [1.165, 1.54) is 4.40 Å². The van der Waals surface area contributed by atoms with E-state index in [1.54, 1.807) is 12.3 Å². The monoisotopic (exact) mass is 391 g/mol.